The Morgan fingerprint density at radius 3 is 2.84 bits per heavy atom. The molecule has 0 unspecified atom stereocenters. The molecule has 0 bridgehead atoms. The van der Waals surface area contributed by atoms with Gasteiger partial charge >= 0.3 is 0 Å². The van der Waals surface area contributed by atoms with Crippen LogP contribution in [0.5, 0.6) is 11.8 Å². The fourth-order valence-electron chi connectivity index (χ4n) is 2.57. The van der Waals surface area contributed by atoms with E-state index >= 15 is 0 Å². The second kappa shape index (κ2) is 8.43. The third kappa shape index (κ3) is 4.67. The van der Waals surface area contributed by atoms with Crippen LogP contribution in [0.3, 0.4) is 0 Å². The normalized spacial score (nSPS) is 14.8. The number of carbonyl (C=O) groups is 1. The molecule has 2 aromatic heterocycles. The summed E-state index contributed by atoms with van der Waals surface area (Å²) in [6, 6.07) is 7.08. The lowest BCUT2D eigenvalue weighted by molar-refractivity contribution is 0.0237. The van der Waals surface area contributed by atoms with E-state index in [4.69, 9.17) is 14.2 Å². The Hall–Kier alpha value is -2.67. The Balaban J connectivity index is 1.55. The summed E-state index contributed by atoms with van der Waals surface area (Å²) in [6.45, 7) is 1.75. The van der Waals surface area contributed by atoms with Gasteiger partial charge < -0.3 is 19.5 Å². The van der Waals surface area contributed by atoms with Gasteiger partial charge in [-0.05, 0) is 12.1 Å². The molecule has 3 rings (SSSR count). The monoisotopic (exact) mass is 343 g/mol. The van der Waals surface area contributed by atoms with Crippen LogP contribution in [0.1, 0.15) is 28.8 Å². The lowest BCUT2D eigenvalue weighted by atomic mass is 10.1. The molecule has 1 saturated heterocycles. The highest BCUT2D eigenvalue weighted by molar-refractivity contribution is 5.93. The molecule has 1 aliphatic rings. The molecule has 0 saturated carbocycles. The van der Waals surface area contributed by atoms with E-state index < -0.39 is 0 Å². The highest BCUT2D eigenvalue weighted by atomic mass is 16.5. The van der Waals surface area contributed by atoms with Crippen LogP contribution >= 0.6 is 0 Å². The van der Waals surface area contributed by atoms with E-state index in [0.717, 1.165) is 18.4 Å². The molecular weight excluding hydrogens is 322 g/mol. The molecule has 0 radical (unpaired) electrons. The Bertz CT molecular complexity index is 700. The Kier molecular flexibility index (Phi) is 5.79. The molecular formula is C18H21N3O4. The Morgan fingerprint density at radius 1 is 1.28 bits per heavy atom. The van der Waals surface area contributed by atoms with Crippen molar-refractivity contribution in [2.75, 3.05) is 20.3 Å². The van der Waals surface area contributed by atoms with E-state index in [9.17, 15) is 4.79 Å². The van der Waals surface area contributed by atoms with Crippen molar-refractivity contribution in [2.24, 2.45) is 0 Å². The van der Waals surface area contributed by atoms with Crippen molar-refractivity contribution in [1.29, 1.82) is 0 Å². The number of carbonyl (C=O) groups excluding carboxylic acids is 1. The first kappa shape index (κ1) is 17.2. The van der Waals surface area contributed by atoms with E-state index in [2.05, 4.69) is 15.3 Å². The number of amides is 1. The van der Waals surface area contributed by atoms with Gasteiger partial charge in [0, 0.05) is 43.4 Å². The average Bonchev–Trinajstić information content (AvgIpc) is 2.67. The van der Waals surface area contributed by atoms with Crippen LogP contribution in [0, 0.1) is 0 Å². The van der Waals surface area contributed by atoms with Crippen LogP contribution in [0.4, 0.5) is 0 Å². The van der Waals surface area contributed by atoms with Gasteiger partial charge in [0.2, 0.25) is 11.8 Å². The zero-order chi connectivity index (χ0) is 17.5. The maximum absolute atomic E-state index is 12.2. The van der Waals surface area contributed by atoms with Crippen molar-refractivity contribution in [1.82, 2.24) is 15.3 Å². The van der Waals surface area contributed by atoms with Crippen LogP contribution < -0.4 is 14.8 Å². The maximum Gasteiger partial charge on any atom is 0.253 e. The second-order valence-corrected chi connectivity index (χ2v) is 5.67. The number of nitrogens with zero attached hydrogens (tertiary/aromatic N) is 2. The molecule has 7 heteroatoms. The Labute approximate surface area is 146 Å². The molecule has 0 atom stereocenters. The number of ether oxygens (including phenoxy) is 3. The minimum atomic E-state index is -0.212. The van der Waals surface area contributed by atoms with Crippen molar-refractivity contribution >= 4 is 5.91 Å². The van der Waals surface area contributed by atoms with E-state index in [1.165, 1.54) is 6.20 Å². The van der Waals surface area contributed by atoms with Gasteiger partial charge in [-0.1, -0.05) is 6.07 Å². The number of aromatic nitrogens is 2. The van der Waals surface area contributed by atoms with Crippen molar-refractivity contribution in [3.05, 3.63) is 47.8 Å². The zero-order valence-electron chi connectivity index (χ0n) is 14.1. The average molecular weight is 343 g/mol. The van der Waals surface area contributed by atoms with Gasteiger partial charge in [0.15, 0.2) is 0 Å². The third-order valence-electron chi connectivity index (χ3n) is 3.94. The maximum atomic E-state index is 12.2. The van der Waals surface area contributed by atoms with Gasteiger partial charge in [-0.2, -0.15) is 0 Å². The first-order chi connectivity index (χ1) is 12.3. The van der Waals surface area contributed by atoms with Crippen LogP contribution in [-0.2, 0) is 11.3 Å². The summed E-state index contributed by atoms with van der Waals surface area (Å²) >= 11 is 0. The van der Waals surface area contributed by atoms with E-state index in [1.54, 1.807) is 31.5 Å². The molecule has 7 nitrogen and oxygen atoms in total. The molecule has 1 N–H and O–H groups in total. The molecule has 3 heterocycles. The summed E-state index contributed by atoms with van der Waals surface area (Å²) in [7, 11) is 1.55. The lowest BCUT2D eigenvalue weighted by Crippen LogP contribution is -2.26. The summed E-state index contributed by atoms with van der Waals surface area (Å²) in [5.41, 5.74) is 1.29. The van der Waals surface area contributed by atoms with Crippen LogP contribution in [0.25, 0.3) is 0 Å². The standard InChI is InChI=1S/C18H21N3O4/c1-23-18-14(3-2-8-19-18)12-21-17(22)13-4-5-16(20-11-13)25-15-6-9-24-10-7-15/h2-5,8,11,15H,6-7,9-10,12H2,1H3,(H,21,22). The fourth-order valence-corrected chi connectivity index (χ4v) is 2.57. The SMILES string of the molecule is COc1ncccc1CNC(=O)c1ccc(OC2CCOCC2)nc1. The minimum absolute atomic E-state index is 0.124. The van der Waals surface area contributed by atoms with Crippen molar-refractivity contribution in [3.8, 4) is 11.8 Å². The van der Waals surface area contributed by atoms with Crippen molar-refractivity contribution in [3.63, 3.8) is 0 Å². The number of pyridine rings is 2. The summed E-state index contributed by atoms with van der Waals surface area (Å²) in [5, 5.41) is 2.83. The van der Waals surface area contributed by atoms with E-state index in [0.29, 0.717) is 37.1 Å². The van der Waals surface area contributed by atoms with Crippen molar-refractivity contribution < 1.29 is 19.0 Å². The van der Waals surface area contributed by atoms with Crippen LogP contribution in [-0.4, -0.2) is 42.3 Å². The molecule has 1 aliphatic heterocycles. The molecule has 132 valence electrons. The third-order valence-corrected chi connectivity index (χ3v) is 3.94. The topological polar surface area (TPSA) is 82.6 Å². The first-order valence-electron chi connectivity index (χ1n) is 8.23. The number of hydrogen-bond donors (Lipinski definition) is 1. The molecule has 25 heavy (non-hydrogen) atoms. The first-order valence-corrected chi connectivity index (χ1v) is 8.23. The largest absolute Gasteiger partial charge is 0.481 e. The van der Waals surface area contributed by atoms with E-state index in [-0.39, 0.29) is 12.0 Å². The summed E-state index contributed by atoms with van der Waals surface area (Å²) in [5.74, 6) is 0.814. The quantitative estimate of drug-likeness (QED) is 0.863. The zero-order valence-corrected chi connectivity index (χ0v) is 14.1. The summed E-state index contributed by atoms with van der Waals surface area (Å²) in [4.78, 5) is 20.6. The predicted octanol–water partition coefficient (Wildman–Crippen LogP) is 1.97. The summed E-state index contributed by atoms with van der Waals surface area (Å²) < 4.78 is 16.3. The fraction of sp³-hybridized carbons (Fsp3) is 0.389. The van der Waals surface area contributed by atoms with Gasteiger partial charge in [0.1, 0.15) is 6.10 Å². The number of nitrogens with one attached hydrogen (secondary N) is 1. The summed E-state index contributed by atoms with van der Waals surface area (Å²) in [6.07, 6.45) is 5.00. The molecule has 1 fully saturated rings. The Morgan fingerprint density at radius 2 is 2.12 bits per heavy atom. The van der Waals surface area contributed by atoms with Crippen LogP contribution in [0.15, 0.2) is 36.7 Å². The van der Waals surface area contributed by atoms with Crippen LogP contribution in [0.2, 0.25) is 0 Å². The van der Waals surface area contributed by atoms with Gasteiger partial charge in [-0.3, -0.25) is 4.79 Å². The van der Waals surface area contributed by atoms with Gasteiger partial charge in [-0.25, -0.2) is 9.97 Å². The number of hydrogen-bond acceptors (Lipinski definition) is 6. The molecule has 0 aliphatic carbocycles. The highest BCUT2D eigenvalue weighted by Crippen LogP contribution is 2.16. The number of methoxy groups -OCH3 is 1. The van der Waals surface area contributed by atoms with Gasteiger partial charge in [-0.15, -0.1) is 0 Å². The predicted molar refractivity (Wildman–Crippen MR) is 90.7 cm³/mol. The second-order valence-electron chi connectivity index (χ2n) is 5.67. The van der Waals surface area contributed by atoms with E-state index in [1.807, 2.05) is 6.07 Å². The molecule has 2 aromatic rings. The highest BCUT2D eigenvalue weighted by Gasteiger charge is 2.16. The smallest absolute Gasteiger partial charge is 0.253 e. The molecule has 1 amide bonds. The minimum Gasteiger partial charge on any atom is -0.481 e. The molecule has 0 spiro atoms. The molecule has 0 aromatic carbocycles. The van der Waals surface area contributed by atoms with Gasteiger partial charge in [0.05, 0.1) is 25.9 Å². The van der Waals surface area contributed by atoms with Crippen molar-refractivity contribution in [2.45, 2.75) is 25.5 Å². The van der Waals surface area contributed by atoms with Gasteiger partial charge in [0.25, 0.3) is 5.91 Å². The lowest BCUT2D eigenvalue weighted by Gasteiger charge is -2.22. The number of rotatable bonds is 6.